The normalized spacial score (nSPS) is 10.1. The van der Waals surface area contributed by atoms with E-state index in [-0.39, 0.29) is 11.0 Å². The molecule has 0 heterocycles. The van der Waals surface area contributed by atoms with E-state index in [9.17, 15) is 4.79 Å². The minimum Gasteiger partial charge on any atom is -0.494 e. The van der Waals surface area contributed by atoms with Crippen molar-refractivity contribution in [3.8, 4) is 5.75 Å². The Labute approximate surface area is 148 Å². The maximum atomic E-state index is 12.2. The summed E-state index contributed by atoms with van der Waals surface area (Å²) >= 11 is 5.20. The van der Waals surface area contributed by atoms with E-state index >= 15 is 0 Å². The molecule has 0 unspecified atom stereocenters. The number of benzene rings is 2. The van der Waals surface area contributed by atoms with Crippen LogP contribution in [0.25, 0.3) is 0 Å². The Morgan fingerprint density at radius 2 is 1.79 bits per heavy atom. The molecule has 0 bridgehead atoms. The number of carbonyl (C=O) groups excluding carboxylic acids is 1. The van der Waals surface area contributed by atoms with Gasteiger partial charge in [0.1, 0.15) is 5.75 Å². The lowest BCUT2D eigenvalue weighted by atomic mass is 10.1. The molecule has 2 aromatic rings. The van der Waals surface area contributed by atoms with Gasteiger partial charge in [-0.2, -0.15) is 0 Å². The van der Waals surface area contributed by atoms with Crippen LogP contribution in [-0.2, 0) is 0 Å². The highest BCUT2D eigenvalue weighted by Gasteiger charge is 2.08. The number of rotatable bonds is 5. The molecule has 2 aromatic carbocycles. The van der Waals surface area contributed by atoms with E-state index in [0.717, 1.165) is 23.4 Å². The topological polar surface area (TPSA) is 50.4 Å². The SMILES string of the molecule is CCCOc1ccc(C(=O)NC(=S)Nc2ccc(C)c(C)c2)cc1. The quantitative estimate of drug-likeness (QED) is 0.799. The van der Waals surface area contributed by atoms with Crippen molar-refractivity contribution in [2.75, 3.05) is 11.9 Å². The summed E-state index contributed by atoms with van der Waals surface area (Å²) in [7, 11) is 0. The maximum Gasteiger partial charge on any atom is 0.257 e. The van der Waals surface area contributed by atoms with E-state index in [1.54, 1.807) is 24.3 Å². The molecule has 0 aliphatic rings. The van der Waals surface area contributed by atoms with Crippen molar-refractivity contribution in [3.63, 3.8) is 0 Å². The molecular weight excluding hydrogens is 320 g/mol. The van der Waals surface area contributed by atoms with Gasteiger partial charge >= 0.3 is 0 Å². The minimum absolute atomic E-state index is 0.252. The highest BCUT2D eigenvalue weighted by molar-refractivity contribution is 7.80. The van der Waals surface area contributed by atoms with Crippen molar-refractivity contribution in [2.45, 2.75) is 27.2 Å². The van der Waals surface area contributed by atoms with Crippen molar-refractivity contribution in [3.05, 3.63) is 59.2 Å². The summed E-state index contributed by atoms with van der Waals surface area (Å²) in [4.78, 5) is 12.2. The third-order valence-electron chi connectivity index (χ3n) is 3.58. The molecule has 5 heteroatoms. The van der Waals surface area contributed by atoms with E-state index in [0.29, 0.717) is 12.2 Å². The first-order valence-electron chi connectivity index (χ1n) is 7.92. The fourth-order valence-corrected chi connectivity index (χ4v) is 2.29. The van der Waals surface area contributed by atoms with Crippen LogP contribution in [0.1, 0.15) is 34.8 Å². The second kappa shape index (κ2) is 8.45. The first-order valence-corrected chi connectivity index (χ1v) is 8.33. The second-order valence-electron chi connectivity index (χ2n) is 5.58. The number of aryl methyl sites for hydroxylation is 2. The number of carbonyl (C=O) groups is 1. The van der Waals surface area contributed by atoms with Crippen molar-refractivity contribution < 1.29 is 9.53 Å². The van der Waals surface area contributed by atoms with Crippen LogP contribution in [0.5, 0.6) is 5.75 Å². The van der Waals surface area contributed by atoms with Crippen molar-refractivity contribution in [2.24, 2.45) is 0 Å². The van der Waals surface area contributed by atoms with Crippen LogP contribution in [-0.4, -0.2) is 17.6 Å². The molecule has 0 fully saturated rings. The molecular formula is C19H22N2O2S. The summed E-state index contributed by atoms with van der Waals surface area (Å²) in [5.41, 5.74) is 3.76. The van der Waals surface area contributed by atoms with Gasteiger partial charge in [0.2, 0.25) is 0 Å². The van der Waals surface area contributed by atoms with E-state index in [4.69, 9.17) is 17.0 Å². The first-order chi connectivity index (χ1) is 11.5. The summed E-state index contributed by atoms with van der Waals surface area (Å²) in [6, 6.07) is 12.9. The zero-order valence-electron chi connectivity index (χ0n) is 14.2. The summed E-state index contributed by atoms with van der Waals surface area (Å²) in [6.45, 7) is 6.79. The molecule has 0 radical (unpaired) electrons. The lowest BCUT2D eigenvalue weighted by Crippen LogP contribution is -2.34. The standard InChI is InChI=1S/C19H22N2O2S/c1-4-11-23-17-9-6-15(7-10-17)18(22)21-19(24)20-16-8-5-13(2)14(3)12-16/h5-10,12H,4,11H2,1-3H3,(H2,20,21,22,24). The third-order valence-corrected chi connectivity index (χ3v) is 3.79. The highest BCUT2D eigenvalue weighted by Crippen LogP contribution is 2.15. The molecule has 0 aromatic heterocycles. The molecule has 0 aliphatic carbocycles. The maximum absolute atomic E-state index is 12.2. The molecule has 0 atom stereocenters. The molecule has 2 N–H and O–H groups in total. The van der Waals surface area contributed by atoms with E-state index < -0.39 is 0 Å². The van der Waals surface area contributed by atoms with Crippen LogP contribution < -0.4 is 15.4 Å². The number of hydrogen-bond acceptors (Lipinski definition) is 3. The van der Waals surface area contributed by atoms with Crippen LogP contribution in [0.15, 0.2) is 42.5 Å². The number of nitrogens with one attached hydrogen (secondary N) is 2. The lowest BCUT2D eigenvalue weighted by molar-refractivity contribution is 0.0977. The average molecular weight is 342 g/mol. The Hall–Kier alpha value is -2.40. The Bertz CT molecular complexity index is 727. The predicted octanol–water partition coefficient (Wildman–Crippen LogP) is 4.22. The third kappa shape index (κ3) is 5.06. The molecule has 0 spiro atoms. The van der Waals surface area contributed by atoms with Crippen molar-refractivity contribution in [1.29, 1.82) is 0 Å². The van der Waals surface area contributed by atoms with Gasteiger partial charge in [-0.3, -0.25) is 10.1 Å². The Morgan fingerprint density at radius 3 is 2.42 bits per heavy atom. The van der Waals surface area contributed by atoms with Gasteiger partial charge in [-0.1, -0.05) is 13.0 Å². The summed E-state index contributed by atoms with van der Waals surface area (Å²) < 4.78 is 5.50. The summed E-state index contributed by atoms with van der Waals surface area (Å²) in [5.74, 6) is 0.502. The summed E-state index contributed by atoms with van der Waals surface area (Å²) in [6.07, 6.45) is 0.945. The molecule has 0 saturated carbocycles. The largest absolute Gasteiger partial charge is 0.494 e. The number of hydrogen-bond donors (Lipinski definition) is 2. The van der Waals surface area contributed by atoms with Gasteiger partial charge in [-0.05, 0) is 80.0 Å². The average Bonchev–Trinajstić information content (AvgIpc) is 2.56. The van der Waals surface area contributed by atoms with E-state index in [2.05, 4.69) is 10.6 Å². The number of anilines is 1. The minimum atomic E-state index is -0.252. The highest BCUT2D eigenvalue weighted by atomic mass is 32.1. The molecule has 0 aliphatic heterocycles. The predicted molar refractivity (Wildman–Crippen MR) is 102 cm³/mol. The van der Waals surface area contributed by atoms with Crippen molar-refractivity contribution >= 4 is 28.9 Å². The zero-order chi connectivity index (χ0) is 17.5. The van der Waals surface area contributed by atoms with Crippen LogP contribution in [0.4, 0.5) is 5.69 Å². The molecule has 4 nitrogen and oxygen atoms in total. The fraction of sp³-hybridized carbons (Fsp3) is 0.263. The van der Waals surface area contributed by atoms with Gasteiger partial charge in [-0.25, -0.2) is 0 Å². The van der Waals surface area contributed by atoms with Gasteiger partial charge < -0.3 is 10.1 Å². The molecule has 0 saturated heterocycles. The van der Waals surface area contributed by atoms with Crippen LogP contribution in [0, 0.1) is 13.8 Å². The van der Waals surface area contributed by atoms with Crippen LogP contribution in [0.3, 0.4) is 0 Å². The van der Waals surface area contributed by atoms with Crippen LogP contribution in [0.2, 0.25) is 0 Å². The molecule has 1 amide bonds. The number of amides is 1. The Kier molecular flexibility index (Phi) is 6.32. The second-order valence-corrected chi connectivity index (χ2v) is 5.99. The smallest absolute Gasteiger partial charge is 0.257 e. The van der Waals surface area contributed by atoms with Gasteiger partial charge in [0.15, 0.2) is 5.11 Å². The zero-order valence-corrected chi connectivity index (χ0v) is 15.0. The lowest BCUT2D eigenvalue weighted by Gasteiger charge is -2.11. The van der Waals surface area contributed by atoms with E-state index in [1.165, 1.54) is 5.56 Å². The van der Waals surface area contributed by atoms with Gasteiger partial charge in [0, 0.05) is 11.3 Å². The molecule has 2 rings (SSSR count). The fourth-order valence-electron chi connectivity index (χ4n) is 2.08. The number of thiocarbonyl (C=S) groups is 1. The molecule has 24 heavy (non-hydrogen) atoms. The van der Waals surface area contributed by atoms with Crippen molar-refractivity contribution in [1.82, 2.24) is 5.32 Å². The first kappa shape index (κ1) is 17.9. The Morgan fingerprint density at radius 1 is 1.08 bits per heavy atom. The van der Waals surface area contributed by atoms with Gasteiger partial charge in [0.05, 0.1) is 6.61 Å². The van der Waals surface area contributed by atoms with Gasteiger partial charge in [0.25, 0.3) is 5.91 Å². The number of ether oxygens (including phenoxy) is 1. The van der Waals surface area contributed by atoms with E-state index in [1.807, 2.05) is 39.0 Å². The van der Waals surface area contributed by atoms with Crippen LogP contribution >= 0.6 is 12.2 Å². The monoisotopic (exact) mass is 342 g/mol. The Balaban J connectivity index is 1.93. The molecule has 126 valence electrons. The summed E-state index contributed by atoms with van der Waals surface area (Å²) in [5, 5.41) is 5.98. The van der Waals surface area contributed by atoms with Gasteiger partial charge in [-0.15, -0.1) is 0 Å².